The quantitative estimate of drug-likeness (QED) is 0.535. The summed E-state index contributed by atoms with van der Waals surface area (Å²) >= 11 is 0. The standard InChI is InChI=1S/C11H18N10/c1-8-5-19(2)3-4-20(8)10-15-9(18-12)16-11(17-10)21-7-13-6-14-21/h6-8H,3-5,12H2,1-2H3,(H,15,16,17,18). The van der Waals surface area contributed by atoms with E-state index < -0.39 is 0 Å². The molecule has 0 radical (unpaired) electrons. The van der Waals surface area contributed by atoms with Gasteiger partial charge in [0.05, 0.1) is 0 Å². The molecule has 0 aliphatic carbocycles. The van der Waals surface area contributed by atoms with E-state index in [1.807, 2.05) is 0 Å². The summed E-state index contributed by atoms with van der Waals surface area (Å²) in [6.07, 6.45) is 2.96. The normalized spacial score (nSPS) is 19.8. The number of likely N-dealkylation sites (N-methyl/N-ethyl adjacent to an activating group) is 1. The van der Waals surface area contributed by atoms with Gasteiger partial charge in [-0.3, -0.25) is 5.43 Å². The van der Waals surface area contributed by atoms with Crippen LogP contribution in [0.25, 0.3) is 5.95 Å². The summed E-state index contributed by atoms with van der Waals surface area (Å²) in [5, 5.41) is 4.04. The van der Waals surface area contributed by atoms with Gasteiger partial charge in [-0.05, 0) is 14.0 Å². The van der Waals surface area contributed by atoms with Crippen molar-refractivity contribution in [3.05, 3.63) is 12.7 Å². The monoisotopic (exact) mass is 290 g/mol. The van der Waals surface area contributed by atoms with Gasteiger partial charge < -0.3 is 9.80 Å². The maximum atomic E-state index is 5.45. The van der Waals surface area contributed by atoms with Crippen LogP contribution in [0, 0.1) is 0 Å². The molecular formula is C11H18N10. The Balaban J connectivity index is 1.96. The van der Waals surface area contributed by atoms with Crippen LogP contribution in [0.3, 0.4) is 0 Å². The first-order valence-corrected chi connectivity index (χ1v) is 6.70. The van der Waals surface area contributed by atoms with E-state index in [2.05, 4.69) is 54.2 Å². The second-order valence-corrected chi connectivity index (χ2v) is 5.05. The molecule has 2 aromatic heterocycles. The Bertz CT molecular complexity index is 597. The molecule has 1 aliphatic heterocycles. The summed E-state index contributed by atoms with van der Waals surface area (Å²) in [4.78, 5) is 21.3. The van der Waals surface area contributed by atoms with Crippen molar-refractivity contribution in [2.24, 2.45) is 5.84 Å². The van der Waals surface area contributed by atoms with Crippen molar-refractivity contribution in [1.82, 2.24) is 34.6 Å². The highest BCUT2D eigenvalue weighted by Gasteiger charge is 2.25. The van der Waals surface area contributed by atoms with Crippen LogP contribution in [0.15, 0.2) is 12.7 Å². The van der Waals surface area contributed by atoms with Crippen LogP contribution in [0.2, 0.25) is 0 Å². The van der Waals surface area contributed by atoms with Crippen molar-refractivity contribution < 1.29 is 0 Å². The lowest BCUT2D eigenvalue weighted by molar-refractivity contribution is 0.273. The summed E-state index contributed by atoms with van der Waals surface area (Å²) in [6, 6.07) is 0.306. The molecule has 0 spiro atoms. The number of piperazine rings is 1. The summed E-state index contributed by atoms with van der Waals surface area (Å²) < 4.78 is 1.48. The molecule has 3 rings (SSSR count). The Kier molecular flexibility index (Phi) is 3.62. The predicted octanol–water partition coefficient (Wildman–Crippen LogP) is -1.12. The van der Waals surface area contributed by atoms with E-state index in [-0.39, 0.29) is 0 Å². The third kappa shape index (κ3) is 2.76. The van der Waals surface area contributed by atoms with Gasteiger partial charge in [0.25, 0.3) is 5.95 Å². The first-order valence-electron chi connectivity index (χ1n) is 6.70. The Morgan fingerprint density at radius 1 is 1.24 bits per heavy atom. The van der Waals surface area contributed by atoms with Crippen molar-refractivity contribution in [2.45, 2.75) is 13.0 Å². The SMILES string of the molecule is CC1CN(C)CCN1c1nc(NN)nc(-n2cncn2)n1. The minimum atomic E-state index is 0.302. The zero-order valence-corrected chi connectivity index (χ0v) is 12.0. The number of nitrogens with two attached hydrogens (primary N) is 1. The van der Waals surface area contributed by atoms with Crippen LogP contribution in [-0.2, 0) is 0 Å². The Morgan fingerprint density at radius 3 is 2.71 bits per heavy atom. The topological polar surface area (TPSA) is 114 Å². The molecule has 21 heavy (non-hydrogen) atoms. The molecule has 10 heteroatoms. The third-order valence-electron chi connectivity index (χ3n) is 3.45. The van der Waals surface area contributed by atoms with Gasteiger partial charge in [-0.1, -0.05) is 0 Å². The molecule has 1 atom stereocenters. The molecular weight excluding hydrogens is 272 g/mol. The molecule has 0 saturated carbocycles. The number of nitrogen functional groups attached to an aromatic ring is 1. The first kappa shape index (κ1) is 13.6. The number of aromatic nitrogens is 6. The van der Waals surface area contributed by atoms with E-state index in [9.17, 15) is 0 Å². The largest absolute Gasteiger partial charge is 0.335 e. The van der Waals surface area contributed by atoms with Crippen molar-refractivity contribution >= 4 is 11.9 Å². The fourth-order valence-corrected chi connectivity index (χ4v) is 2.40. The molecule has 0 aromatic carbocycles. The maximum Gasteiger partial charge on any atom is 0.258 e. The van der Waals surface area contributed by atoms with Gasteiger partial charge in [-0.2, -0.15) is 24.7 Å². The number of nitrogens with one attached hydrogen (secondary N) is 1. The zero-order chi connectivity index (χ0) is 14.8. The maximum absolute atomic E-state index is 5.45. The van der Waals surface area contributed by atoms with Crippen LogP contribution in [0.1, 0.15) is 6.92 Å². The second kappa shape index (κ2) is 5.58. The Morgan fingerprint density at radius 2 is 2.05 bits per heavy atom. The minimum Gasteiger partial charge on any atom is -0.335 e. The van der Waals surface area contributed by atoms with E-state index in [1.165, 1.54) is 17.3 Å². The number of nitrogens with zero attached hydrogens (tertiary/aromatic N) is 8. The van der Waals surface area contributed by atoms with Crippen molar-refractivity contribution in [1.29, 1.82) is 0 Å². The molecule has 0 amide bonds. The minimum absolute atomic E-state index is 0.302. The molecule has 0 bridgehead atoms. The van der Waals surface area contributed by atoms with Crippen LogP contribution >= 0.6 is 0 Å². The lowest BCUT2D eigenvalue weighted by Gasteiger charge is -2.38. The van der Waals surface area contributed by atoms with Crippen molar-refractivity contribution in [2.75, 3.05) is 37.0 Å². The fourth-order valence-electron chi connectivity index (χ4n) is 2.40. The average Bonchev–Trinajstić information content (AvgIpc) is 3.01. The summed E-state index contributed by atoms with van der Waals surface area (Å²) in [5.41, 5.74) is 2.47. The van der Waals surface area contributed by atoms with Crippen LogP contribution < -0.4 is 16.2 Å². The predicted molar refractivity (Wildman–Crippen MR) is 76.9 cm³/mol. The van der Waals surface area contributed by atoms with Gasteiger partial charge in [0.2, 0.25) is 11.9 Å². The van der Waals surface area contributed by atoms with Crippen LogP contribution in [0.5, 0.6) is 0 Å². The van der Waals surface area contributed by atoms with Crippen molar-refractivity contribution in [3.63, 3.8) is 0 Å². The first-order chi connectivity index (χ1) is 10.2. The average molecular weight is 290 g/mol. The van der Waals surface area contributed by atoms with E-state index in [4.69, 9.17) is 5.84 Å². The van der Waals surface area contributed by atoms with Crippen LogP contribution in [-0.4, -0.2) is 67.3 Å². The summed E-state index contributed by atoms with van der Waals surface area (Å²) in [7, 11) is 2.11. The van der Waals surface area contributed by atoms with E-state index in [0.29, 0.717) is 23.9 Å². The lowest BCUT2D eigenvalue weighted by atomic mass is 10.2. The van der Waals surface area contributed by atoms with Crippen LogP contribution in [0.4, 0.5) is 11.9 Å². The van der Waals surface area contributed by atoms with Gasteiger partial charge in [0.1, 0.15) is 12.7 Å². The molecule has 3 heterocycles. The molecule has 2 aromatic rings. The molecule has 1 unspecified atom stereocenters. The number of hydrogen-bond acceptors (Lipinski definition) is 9. The highest BCUT2D eigenvalue weighted by Crippen LogP contribution is 2.18. The lowest BCUT2D eigenvalue weighted by Crippen LogP contribution is -2.51. The van der Waals surface area contributed by atoms with E-state index in [0.717, 1.165) is 19.6 Å². The van der Waals surface area contributed by atoms with Gasteiger partial charge >= 0.3 is 0 Å². The highest BCUT2D eigenvalue weighted by molar-refractivity contribution is 5.40. The fraction of sp³-hybridized carbons (Fsp3) is 0.545. The molecule has 1 aliphatic rings. The smallest absolute Gasteiger partial charge is 0.258 e. The third-order valence-corrected chi connectivity index (χ3v) is 3.45. The molecule has 112 valence electrons. The Hall–Kier alpha value is -2.33. The highest BCUT2D eigenvalue weighted by atomic mass is 15.4. The van der Waals surface area contributed by atoms with Gasteiger partial charge in [0, 0.05) is 25.7 Å². The Labute approximate surface area is 122 Å². The number of hydrogen-bond donors (Lipinski definition) is 2. The molecule has 1 saturated heterocycles. The molecule has 10 nitrogen and oxygen atoms in total. The number of rotatable bonds is 3. The van der Waals surface area contributed by atoms with E-state index >= 15 is 0 Å². The van der Waals surface area contributed by atoms with Crippen molar-refractivity contribution in [3.8, 4) is 5.95 Å². The van der Waals surface area contributed by atoms with Gasteiger partial charge in [-0.15, -0.1) is 0 Å². The summed E-state index contributed by atoms with van der Waals surface area (Å²) in [5.74, 6) is 6.73. The van der Waals surface area contributed by atoms with E-state index in [1.54, 1.807) is 0 Å². The van der Waals surface area contributed by atoms with Gasteiger partial charge in [-0.25, -0.2) is 10.8 Å². The summed E-state index contributed by atoms with van der Waals surface area (Å²) in [6.45, 7) is 4.91. The zero-order valence-electron chi connectivity index (χ0n) is 12.0. The van der Waals surface area contributed by atoms with Gasteiger partial charge in [0.15, 0.2) is 0 Å². The second-order valence-electron chi connectivity index (χ2n) is 5.05. The molecule has 1 fully saturated rings. The number of anilines is 2. The number of hydrazine groups is 1. The molecule has 3 N–H and O–H groups in total.